The Hall–Kier alpha value is -8.00. The summed E-state index contributed by atoms with van der Waals surface area (Å²) >= 11 is 0. The van der Waals surface area contributed by atoms with E-state index in [1.165, 1.54) is 0 Å². The van der Waals surface area contributed by atoms with Gasteiger partial charge in [0.15, 0.2) is 11.4 Å². The third kappa shape index (κ3) is 4.54. The average Bonchev–Trinajstić information content (AvgIpc) is 3.92. The van der Waals surface area contributed by atoms with Gasteiger partial charge in [-0.2, -0.15) is 5.26 Å². The first-order valence-corrected chi connectivity index (χ1v) is 17.8. The van der Waals surface area contributed by atoms with Crippen molar-refractivity contribution < 1.29 is 8.83 Å². The van der Waals surface area contributed by atoms with E-state index in [0.29, 0.717) is 39.7 Å². The number of furan rings is 2. The zero-order valence-electron chi connectivity index (χ0n) is 29.0. The van der Waals surface area contributed by atoms with Gasteiger partial charge in [-0.15, -0.1) is 0 Å². The quantitative estimate of drug-likeness (QED) is 0.170. The molecular weight excluding hydrogens is 679 g/mol. The van der Waals surface area contributed by atoms with E-state index >= 15 is 0 Å². The van der Waals surface area contributed by atoms with Crippen molar-refractivity contribution >= 4 is 71.4 Å². The Morgan fingerprint density at radius 1 is 0.545 bits per heavy atom. The molecule has 0 saturated heterocycles. The van der Waals surface area contributed by atoms with Crippen molar-refractivity contribution in [2.24, 2.45) is 0 Å². The van der Waals surface area contributed by atoms with E-state index in [1.54, 1.807) is 0 Å². The summed E-state index contributed by atoms with van der Waals surface area (Å²) in [6, 6.07) is 52.2. The summed E-state index contributed by atoms with van der Waals surface area (Å²) in [7, 11) is 0. The van der Waals surface area contributed by atoms with E-state index in [9.17, 15) is 5.26 Å². The van der Waals surface area contributed by atoms with Crippen LogP contribution in [-0.4, -0.2) is 14.5 Å². The molecule has 55 heavy (non-hydrogen) atoms. The number of aromatic nitrogens is 3. The van der Waals surface area contributed by atoms with Crippen LogP contribution in [-0.2, 0) is 0 Å². The standard InChI is InChI=1S/C48H25N5O2/c1-50-38-25-29(20-24-40(38)53-39-16-8-5-13-31(39)35-22-23-36-33-15-7-10-18-42(33)55-47(36)46(35)53)45-37(27-49)44(28-11-3-2-4-12-28)51-48(52-45)30-19-21-34-32-14-6-9-17-41(32)54-43(34)26-30/h2-26H. The van der Waals surface area contributed by atoms with E-state index in [-0.39, 0.29) is 0 Å². The highest BCUT2D eigenvalue weighted by Crippen LogP contribution is 2.43. The van der Waals surface area contributed by atoms with Gasteiger partial charge < -0.3 is 13.4 Å². The fraction of sp³-hybridized carbons (Fsp3) is 0. The number of nitriles is 1. The van der Waals surface area contributed by atoms with E-state index < -0.39 is 0 Å². The van der Waals surface area contributed by atoms with Gasteiger partial charge in [0, 0.05) is 43.4 Å². The Kier molecular flexibility index (Phi) is 6.54. The fourth-order valence-corrected chi connectivity index (χ4v) is 8.00. The van der Waals surface area contributed by atoms with Crippen molar-refractivity contribution in [3.8, 4) is 45.7 Å². The molecule has 0 aliphatic heterocycles. The van der Waals surface area contributed by atoms with Crippen LogP contribution in [0.2, 0.25) is 0 Å². The van der Waals surface area contributed by atoms with Gasteiger partial charge in [0.1, 0.15) is 28.4 Å². The number of hydrogen-bond donors (Lipinski definition) is 0. The molecule has 0 amide bonds. The Labute approximate surface area is 313 Å². The second kappa shape index (κ2) is 11.8. The molecule has 0 spiro atoms. The topological polar surface area (TPSA) is 85.1 Å². The minimum Gasteiger partial charge on any atom is -0.456 e. The maximum Gasteiger partial charge on any atom is 0.211 e. The minimum atomic E-state index is 0.323. The molecule has 4 heterocycles. The molecule has 4 aromatic heterocycles. The molecule has 0 fully saturated rings. The van der Waals surface area contributed by atoms with Crippen LogP contribution in [0.25, 0.3) is 110 Å². The zero-order chi connectivity index (χ0) is 36.6. The highest BCUT2D eigenvalue weighted by atomic mass is 16.3. The molecule has 7 nitrogen and oxygen atoms in total. The van der Waals surface area contributed by atoms with Crippen molar-refractivity contribution in [2.45, 2.75) is 0 Å². The van der Waals surface area contributed by atoms with E-state index in [2.05, 4.69) is 45.8 Å². The highest BCUT2D eigenvalue weighted by Gasteiger charge is 2.23. The summed E-state index contributed by atoms with van der Waals surface area (Å²) in [5, 5.41) is 16.9. The third-order valence-corrected chi connectivity index (χ3v) is 10.5. The molecular formula is C48H25N5O2. The van der Waals surface area contributed by atoms with Crippen molar-refractivity contribution in [3.05, 3.63) is 169 Å². The van der Waals surface area contributed by atoms with Gasteiger partial charge in [-0.05, 0) is 54.1 Å². The largest absolute Gasteiger partial charge is 0.456 e. The summed E-state index contributed by atoms with van der Waals surface area (Å²) in [6.45, 7) is 8.47. The van der Waals surface area contributed by atoms with E-state index in [4.69, 9.17) is 25.4 Å². The molecule has 11 aromatic rings. The SMILES string of the molecule is [C-]#[N+]c1cc(-c2nc(-c3ccc4c(c3)oc3ccccc34)nc(-c3ccccc3)c2C#N)ccc1-n1c2ccccc2c2ccc3c4ccccc4oc3c21. The lowest BCUT2D eigenvalue weighted by Gasteiger charge is -2.15. The lowest BCUT2D eigenvalue weighted by Crippen LogP contribution is -2.01. The van der Waals surface area contributed by atoms with E-state index in [1.807, 2.05) is 121 Å². The first-order valence-electron chi connectivity index (χ1n) is 17.8. The monoisotopic (exact) mass is 703 g/mol. The van der Waals surface area contributed by atoms with Crippen LogP contribution in [0, 0.1) is 17.9 Å². The molecule has 0 bridgehead atoms. The van der Waals surface area contributed by atoms with Crippen molar-refractivity contribution in [1.29, 1.82) is 5.26 Å². The molecule has 0 atom stereocenters. The molecule has 0 aliphatic carbocycles. The Balaban J connectivity index is 1.15. The second-order valence-corrected chi connectivity index (χ2v) is 13.5. The molecule has 0 radical (unpaired) electrons. The van der Waals surface area contributed by atoms with Crippen LogP contribution in [0.5, 0.6) is 0 Å². The van der Waals surface area contributed by atoms with E-state index in [0.717, 1.165) is 76.8 Å². The van der Waals surface area contributed by atoms with Gasteiger partial charge in [0.2, 0.25) is 5.69 Å². The van der Waals surface area contributed by atoms with Gasteiger partial charge in [-0.25, -0.2) is 14.8 Å². The summed E-state index contributed by atoms with van der Waals surface area (Å²) in [6.07, 6.45) is 0. The maximum absolute atomic E-state index is 10.7. The van der Waals surface area contributed by atoms with Crippen molar-refractivity contribution in [3.63, 3.8) is 0 Å². The first-order chi connectivity index (χ1) is 27.2. The highest BCUT2D eigenvalue weighted by molar-refractivity contribution is 6.21. The molecule has 11 rings (SSSR count). The molecule has 7 aromatic carbocycles. The lowest BCUT2D eigenvalue weighted by molar-refractivity contribution is 0.669. The third-order valence-electron chi connectivity index (χ3n) is 10.5. The van der Waals surface area contributed by atoms with Crippen LogP contribution in [0.15, 0.2) is 160 Å². The van der Waals surface area contributed by atoms with Crippen LogP contribution in [0.3, 0.4) is 0 Å². The molecule has 0 saturated carbocycles. The normalized spacial score (nSPS) is 11.6. The van der Waals surface area contributed by atoms with Crippen molar-refractivity contribution in [2.75, 3.05) is 0 Å². The molecule has 0 unspecified atom stereocenters. The second-order valence-electron chi connectivity index (χ2n) is 13.5. The predicted molar refractivity (Wildman–Crippen MR) is 218 cm³/mol. The smallest absolute Gasteiger partial charge is 0.211 e. The Bertz CT molecular complexity index is 3470. The zero-order valence-corrected chi connectivity index (χ0v) is 29.0. The summed E-state index contributed by atoms with van der Waals surface area (Å²) < 4.78 is 14.9. The van der Waals surface area contributed by atoms with Crippen LogP contribution < -0.4 is 0 Å². The first kappa shape index (κ1) is 30.6. The Morgan fingerprint density at radius 2 is 1.16 bits per heavy atom. The number of nitrogens with zero attached hydrogens (tertiary/aromatic N) is 5. The molecule has 254 valence electrons. The van der Waals surface area contributed by atoms with Gasteiger partial charge in [0.05, 0.1) is 34.7 Å². The van der Waals surface area contributed by atoms with Crippen molar-refractivity contribution in [1.82, 2.24) is 14.5 Å². The lowest BCUT2D eigenvalue weighted by atomic mass is 9.99. The number of rotatable bonds is 4. The summed E-state index contributed by atoms with van der Waals surface area (Å²) in [5.41, 5.74) is 9.48. The van der Waals surface area contributed by atoms with Gasteiger partial charge in [-0.1, -0.05) is 103 Å². The Morgan fingerprint density at radius 3 is 1.95 bits per heavy atom. The van der Waals surface area contributed by atoms with Gasteiger partial charge in [0.25, 0.3) is 0 Å². The average molecular weight is 704 g/mol. The fourth-order valence-electron chi connectivity index (χ4n) is 8.00. The molecule has 7 heteroatoms. The summed E-state index contributed by atoms with van der Waals surface area (Å²) in [5.74, 6) is 0.443. The van der Waals surface area contributed by atoms with Crippen LogP contribution >= 0.6 is 0 Å². The number of fused-ring (bicyclic) bond motifs is 10. The summed E-state index contributed by atoms with van der Waals surface area (Å²) in [4.78, 5) is 14.1. The van der Waals surface area contributed by atoms with Gasteiger partial charge in [-0.3, -0.25) is 0 Å². The minimum absolute atomic E-state index is 0.323. The number of benzene rings is 7. The van der Waals surface area contributed by atoms with Crippen LogP contribution in [0.1, 0.15) is 5.56 Å². The number of para-hydroxylation sites is 3. The predicted octanol–water partition coefficient (Wildman–Crippen LogP) is 12.8. The van der Waals surface area contributed by atoms with Crippen LogP contribution in [0.4, 0.5) is 5.69 Å². The molecule has 0 aliphatic rings. The van der Waals surface area contributed by atoms with Gasteiger partial charge >= 0.3 is 0 Å². The maximum atomic E-state index is 10.7. The number of hydrogen-bond acceptors (Lipinski definition) is 5. The molecule has 0 N–H and O–H groups in total.